The number of aryl methyl sites for hydroxylation is 2. The number of benzene rings is 2. The molecule has 0 fully saturated rings. The van der Waals surface area contributed by atoms with Gasteiger partial charge in [-0.05, 0) is 54.2 Å². The van der Waals surface area contributed by atoms with Crippen molar-refractivity contribution in [1.82, 2.24) is 0 Å². The summed E-state index contributed by atoms with van der Waals surface area (Å²) in [6.07, 6.45) is 3.28. The van der Waals surface area contributed by atoms with Crippen molar-refractivity contribution in [3.63, 3.8) is 0 Å². The molecule has 0 saturated heterocycles. The van der Waals surface area contributed by atoms with Crippen LogP contribution in [0.4, 0.5) is 5.69 Å². The first-order valence-corrected chi connectivity index (χ1v) is 8.68. The molecule has 1 aliphatic carbocycles. The Hall–Kier alpha value is -2.95. The highest BCUT2D eigenvalue weighted by atomic mass is 16.5. The van der Waals surface area contributed by atoms with Gasteiger partial charge in [0.25, 0.3) is 0 Å². The minimum Gasteiger partial charge on any atom is -0.457 e. The average Bonchev–Trinajstić information content (AvgIpc) is 3.08. The number of ether oxygens (including phenoxy) is 1. The predicted octanol–water partition coefficient (Wildman–Crippen LogP) is 3.10. The monoisotopic (exact) mass is 351 g/mol. The van der Waals surface area contributed by atoms with E-state index in [1.54, 1.807) is 30.3 Å². The molecule has 2 aromatic rings. The molecule has 0 saturated carbocycles. The predicted molar refractivity (Wildman–Crippen MR) is 98.2 cm³/mol. The third kappa shape index (κ3) is 4.57. The van der Waals surface area contributed by atoms with Gasteiger partial charge < -0.3 is 10.1 Å². The summed E-state index contributed by atoms with van der Waals surface area (Å²) in [6.45, 7) is 1.19. The van der Waals surface area contributed by atoms with Gasteiger partial charge in [0.15, 0.2) is 12.4 Å². The normalized spacial score (nSPS) is 12.3. The summed E-state index contributed by atoms with van der Waals surface area (Å²) >= 11 is 0. The summed E-state index contributed by atoms with van der Waals surface area (Å²) < 4.78 is 5.12. The Morgan fingerprint density at radius 1 is 1.00 bits per heavy atom. The number of nitrogens with one attached hydrogen (secondary N) is 1. The Kier molecular flexibility index (Phi) is 5.46. The van der Waals surface area contributed by atoms with Crippen LogP contribution in [-0.4, -0.2) is 24.3 Å². The molecule has 2 aromatic carbocycles. The van der Waals surface area contributed by atoms with E-state index in [2.05, 4.69) is 5.32 Å². The lowest BCUT2D eigenvalue weighted by Gasteiger charge is -2.07. The molecule has 0 unspecified atom stereocenters. The fourth-order valence-corrected chi connectivity index (χ4v) is 3.10. The minimum atomic E-state index is -0.452. The van der Waals surface area contributed by atoms with Crippen molar-refractivity contribution in [2.75, 3.05) is 11.9 Å². The molecule has 0 bridgehead atoms. The van der Waals surface area contributed by atoms with Crippen LogP contribution in [0.15, 0.2) is 42.5 Å². The van der Waals surface area contributed by atoms with Crippen LogP contribution < -0.4 is 5.32 Å². The first-order chi connectivity index (χ1) is 12.5. The maximum Gasteiger partial charge on any atom is 0.310 e. The molecule has 134 valence electrons. The van der Waals surface area contributed by atoms with Gasteiger partial charge in [0.05, 0.1) is 6.42 Å². The van der Waals surface area contributed by atoms with Crippen LogP contribution in [0.3, 0.4) is 0 Å². The van der Waals surface area contributed by atoms with Crippen LogP contribution in [0.25, 0.3) is 0 Å². The minimum absolute atomic E-state index is 0.0812. The van der Waals surface area contributed by atoms with Crippen LogP contribution in [-0.2, 0) is 33.6 Å². The highest BCUT2D eigenvalue weighted by molar-refractivity contribution is 5.98. The lowest BCUT2D eigenvalue weighted by atomic mass is 10.0. The SMILES string of the molecule is CC(=O)Nc1ccc(CC(=O)OCC(=O)c2ccc3c(c2)CCC3)cc1. The maximum absolute atomic E-state index is 12.2. The zero-order chi connectivity index (χ0) is 18.5. The van der Waals surface area contributed by atoms with Crippen molar-refractivity contribution in [3.05, 3.63) is 64.7 Å². The molecule has 3 rings (SSSR count). The number of Topliss-reactive ketones (excluding diaryl/α,β-unsaturated/α-hetero) is 1. The van der Waals surface area contributed by atoms with E-state index in [1.807, 2.05) is 12.1 Å². The summed E-state index contributed by atoms with van der Waals surface area (Å²) in [5, 5.41) is 2.66. The van der Waals surface area contributed by atoms with Crippen molar-refractivity contribution < 1.29 is 19.1 Å². The number of amides is 1. The van der Waals surface area contributed by atoms with E-state index in [4.69, 9.17) is 4.74 Å². The fourth-order valence-electron chi connectivity index (χ4n) is 3.10. The second kappa shape index (κ2) is 7.95. The molecule has 0 atom stereocenters. The second-order valence-electron chi connectivity index (χ2n) is 6.48. The molecule has 1 aliphatic rings. The summed E-state index contributed by atoms with van der Waals surface area (Å²) in [5.41, 5.74) is 4.55. The molecule has 0 aromatic heterocycles. The van der Waals surface area contributed by atoms with Gasteiger partial charge in [-0.3, -0.25) is 14.4 Å². The number of esters is 1. The number of anilines is 1. The van der Waals surface area contributed by atoms with Crippen molar-refractivity contribution in [1.29, 1.82) is 0 Å². The molecule has 0 heterocycles. The molecular formula is C21H21NO4. The lowest BCUT2D eigenvalue weighted by molar-refractivity contribution is -0.141. The number of hydrogen-bond donors (Lipinski definition) is 1. The first kappa shape index (κ1) is 17.9. The average molecular weight is 351 g/mol. The Morgan fingerprint density at radius 2 is 1.73 bits per heavy atom. The number of carbonyl (C=O) groups excluding carboxylic acids is 3. The van der Waals surface area contributed by atoms with Gasteiger partial charge in [-0.2, -0.15) is 0 Å². The highest BCUT2D eigenvalue weighted by Crippen LogP contribution is 2.23. The lowest BCUT2D eigenvalue weighted by Crippen LogP contribution is -2.16. The van der Waals surface area contributed by atoms with Gasteiger partial charge in [0.2, 0.25) is 5.91 Å². The van der Waals surface area contributed by atoms with E-state index >= 15 is 0 Å². The van der Waals surface area contributed by atoms with Gasteiger partial charge in [0.1, 0.15) is 0 Å². The zero-order valence-corrected chi connectivity index (χ0v) is 14.7. The van der Waals surface area contributed by atoms with Crippen LogP contribution in [0.5, 0.6) is 0 Å². The van der Waals surface area contributed by atoms with E-state index in [9.17, 15) is 14.4 Å². The third-order valence-electron chi connectivity index (χ3n) is 4.41. The number of ketones is 1. The number of rotatable bonds is 6. The van der Waals surface area contributed by atoms with E-state index in [0.717, 1.165) is 24.8 Å². The fraction of sp³-hybridized carbons (Fsp3) is 0.286. The molecule has 5 nitrogen and oxygen atoms in total. The van der Waals surface area contributed by atoms with Crippen LogP contribution in [0.1, 0.15) is 40.4 Å². The summed E-state index contributed by atoms with van der Waals surface area (Å²) in [5.74, 6) is -0.789. The van der Waals surface area contributed by atoms with Crippen molar-refractivity contribution in [3.8, 4) is 0 Å². The molecule has 26 heavy (non-hydrogen) atoms. The second-order valence-corrected chi connectivity index (χ2v) is 6.48. The maximum atomic E-state index is 12.2. The topological polar surface area (TPSA) is 72.5 Å². The van der Waals surface area contributed by atoms with Crippen LogP contribution in [0, 0.1) is 0 Å². The smallest absolute Gasteiger partial charge is 0.310 e. The Balaban J connectivity index is 1.50. The van der Waals surface area contributed by atoms with E-state index in [-0.39, 0.29) is 24.7 Å². The standard InChI is InChI=1S/C21H21NO4/c1-14(23)22-19-9-5-15(6-10-19)11-21(25)26-13-20(24)18-8-7-16-3-2-4-17(16)12-18/h5-10,12H,2-4,11,13H2,1H3,(H,22,23). The summed E-state index contributed by atoms with van der Waals surface area (Å²) in [4.78, 5) is 35.2. The summed E-state index contributed by atoms with van der Waals surface area (Å²) in [6, 6.07) is 12.7. The van der Waals surface area contributed by atoms with Crippen molar-refractivity contribution in [2.24, 2.45) is 0 Å². The molecule has 1 N–H and O–H groups in total. The Morgan fingerprint density at radius 3 is 2.46 bits per heavy atom. The third-order valence-corrected chi connectivity index (χ3v) is 4.41. The summed E-state index contributed by atoms with van der Waals surface area (Å²) in [7, 11) is 0. The Labute approximate surface area is 152 Å². The van der Waals surface area contributed by atoms with Crippen LogP contribution in [0.2, 0.25) is 0 Å². The largest absolute Gasteiger partial charge is 0.457 e. The van der Waals surface area contributed by atoms with Gasteiger partial charge in [0, 0.05) is 18.2 Å². The number of carbonyl (C=O) groups is 3. The van der Waals surface area contributed by atoms with Crippen molar-refractivity contribution >= 4 is 23.3 Å². The van der Waals surface area contributed by atoms with E-state index in [0.29, 0.717) is 11.3 Å². The number of fused-ring (bicyclic) bond motifs is 1. The molecular weight excluding hydrogens is 330 g/mol. The first-order valence-electron chi connectivity index (χ1n) is 8.68. The zero-order valence-electron chi connectivity index (χ0n) is 14.7. The van der Waals surface area contributed by atoms with Crippen molar-refractivity contribution in [2.45, 2.75) is 32.6 Å². The Bertz CT molecular complexity index is 840. The molecule has 0 spiro atoms. The van der Waals surface area contributed by atoms with Gasteiger partial charge >= 0.3 is 5.97 Å². The molecule has 5 heteroatoms. The highest BCUT2D eigenvalue weighted by Gasteiger charge is 2.15. The number of hydrogen-bond acceptors (Lipinski definition) is 4. The molecule has 1 amide bonds. The van der Waals surface area contributed by atoms with E-state index < -0.39 is 5.97 Å². The quantitative estimate of drug-likeness (QED) is 0.641. The van der Waals surface area contributed by atoms with Crippen LogP contribution >= 0.6 is 0 Å². The van der Waals surface area contributed by atoms with E-state index in [1.165, 1.54) is 18.1 Å². The van der Waals surface area contributed by atoms with Gasteiger partial charge in [-0.15, -0.1) is 0 Å². The molecule has 0 aliphatic heterocycles. The van der Waals surface area contributed by atoms with Gasteiger partial charge in [-0.1, -0.05) is 24.3 Å². The van der Waals surface area contributed by atoms with Gasteiger partial charge in [-0.25, -0.2) is 0 Å². The molecule has 0 radical (unpaired) electrons.